The van der Waals surface area contributed by atoms with Crippen LogP contribution in [0.2, 0.25) is 0 Å². The number of H-pyrrole nitrogens is 1. The Hall–Kier alpha value is -3.92. The number of aromatic amines is 1. The fraction of sp³-hybridized carbons (Fsp3) is 0.172. The summed E-state index contributed by atoms with van der Waals surface area (Å²) in [6, 6.07) is 26.7. The fourth-order valence-electron chi connectivity index (χ4n) is 4.35. The summed E-state index contributed by atoms with van der Waals surface area (Å²) in [7, 11) is 0. The minimum atomic E-state index is 0.0449. The number of carbonyl (C=O) groups is 1. The van der Waals surface area contributed by atoms with Crippen molar-refractivity contribution in [3.8, 4) is 11.4 Å². The van der Waals surface area contributed by atoms with Crippen molar-refractivity contribution < 1.29 is 4.79 Å². The third-order valence-electron chi connectivity index (χ3n) is 6.29. The highest BCUT2D eigenvalue weighted by Crippen LogP contribution is 2.31. The van der Waals surface area contributed by atoms with Gasteiger partial charge in [-0.25, -0.2) is 4.98 Å². The summed E-state index contributed by atoms with van der Waals surface area (Å²) >= 11 is 0. The zero-order valence-electron chi connectivity index (χ0n) is 19.0. The van der Waals surface area contributed by atoms with Gasteiger partial charge in [0, 0.05) is 28.4 Å². The maximum Gasteiger partial charge on any atom is 0.224 e. The van der Waals surface area contributed by atoms with Gasteiger partial charge in [-0.1, -0.05) is 48.5 Å². The predicted octanol–water partition coefficient (Wildman–Crippen LogP) is 6.96. The van der Waals surface area contributed by atoms with Crippen molar-refractivity contribution in [2.24, 2.45) is 0 Å². The number of fused-ring (bicyclic) bond motifs is 2. The van der Waals surface area contributed by atoms with E-state index in [1.165, 1.54) is 22.1 Å². The van der Waals surface area contributed by atoms with E-state index < -0.39 is 0 Å². The Labute approximate surface area is 193 Å². The molecular formula is C29H27N3O. The van der Waals surface area contributed by atoms with Gasteiger partial charge in [0.25, 0.3) is 0 Å². The Morgan fingerprint density at radius 2 is 1.73 bits per heavy atom. The lowest BCUT2D eigenvalue weighted by Gasteiger charge is -2.09. The highest BCUT2D eigenvalue weighted by atomic mass is 16.1. The van der Waals surface area contributed by atoms with Crippen LogP contribution in [0.3, 0.4) is 0 Å². The van der Waals surface area contributed by atoms with Gasteiger partial charge in [0.2, 0.25) is 5.91 Å². The van der Waals surface area contributed by atoms with Gasteiger partial charge in [-0.2, -0.15) is 0 Å². The van der Waals surface area contributed by atoms with Gasteiger partial charge < -0.3 is 10.3 Å². The summed E-state index contributed by atoms with van der Waals surface area (Å²) in [5.74, 6) is 0.0449. The summed E-state index contributed by atoms with van der Waals surface area (Å²) in [5.41, 5.74) is 8.52. The van der Waals surface area contributed by atoms with Crippen LogP contribution in [0.1, 0.15) is 29.5 Å². The molecule has 0 saturated heterocycles. The van der Waals surface area contributed by atoms with E-state index >= 15 is 0 Å². The first-order valence-electron chi connectivity index (χ1n) is 11.4. The number of aromatic nitrogens is 2. The molecule has 5 aromatic rings. The van der Waals surface area contributed by atoms with Crippen molar-refractivity contribution in [3.05, 3.63) is 95.6 Å². The fourth-order valence-corrected chi connectivity index (χ4v) is 4.35. The molecule has 0 unspecified atom stereocenters. The average Bonchev–Trinajstić information content (AvgIpc) is 3.20. The van der Waals surface area contributed by atoms with Gasteiger partial charge in [0.1, 0.15) is 0 Å². The molecule has 0 spiro atoms. The second kappa shape index (κ2) is 8.91. The van der Waals surface area contributed by atoms with Crippen molar-refractivity contribution in [3.63, 3.8) is 0 Å². The molecule has 2 N–H and O–H groups in total. The lowest BCUT2D eigenvalue weighted by molar-refractivity contribution is -0.116. The van der Waals surface area contributed by atoms with Crippen molar-refractivity contribution in [1.29, 1.82) is 0 Å². The van der Waals surface area contributed by atoms with Gasteiger partial charge in [-0.3, -0.25) is 4.79 Å². The van der Waals surface area contributed by atoms with Crippen LogP contribution in [0.5, 0.6) is 0 Å². The van der Waals surface area contributed by atoms with E-state index in [9.17, 15) is 4.79 Å². The Bertz CT molecular complexity index is 1460. The molecule has 0 fully saturated rings. The molecule has 5 rings (SSSR count). The number of anilines is 1. The van der Waals surface area contributed by atoms with Crippen LogP contribution in [0.4, 0.5) is 5.69 Å². The standard InChI is InChI=1S/C29H27N3O/c1-19-14-16-22(18-20(19)2)30-28(33)13-7-10-24-23-9-4-6-12-26(23)32-29(24)27-17-15-21-8-3-5-11-25(21)31-27/h3-6,8-9,11-12,14-18,32H,7,10,13H2,1-2H3,(H,30,33). The number of hydrogen-bond acceptors (Lipinski definition) is 2. The lowest BCUT2D eigenvalue weighted by atomic mass is 10.0. The lowest BCUT2D eigenvalue weighted by Crippen LogP contribution is -2.11. The normalized spacial score (nSPS) is 11.2. The molecule has 2 heterocycles. The SMILES string of the molecule is Cc1ccc(NC(=O)CCCc2c(-c3ccc4ccccc4n3)[nH]c3ccccc23)cc1C. The Balaban J connectivity index is 1.37. The van der Waals surface area contributed by atoms with Crippen molar-refractivity contribution >= 4 is 33.4 Å². The van der Waals surface area contributed by atoms with Crippen LogP contribution in [0.15, 0.2) is 78.9 Å². The van der Waals surface area contributed by atoms with Crippen LogP contribution in [-0.4, -0.2) is 15.9 Å². The molecule has 0 radical (unpaired) electrons. The van der Waals surface area contributed by atoms with Gasteiger partial charge in [-0.05, 0) is 73.7 Å². The third kappa shape index (κ3) is 4.37. The van der Waals surface area contributed by atoms with Crippen molar-refractivity contribution in [2.45, 2.75) is 33.1 Å². The minimum Gasteiger partial charge on any atom is -0.353 e. The number of nitrogens with one attached hydrogen (secondary N) is 2. The first-order chi connectivity index (χ1) is 16.1. The summed E-state index contributed by atoms with van der Waals surface area (Å²) in [4.78, 5) is 21.0. The second-order valence-corrected chi connectivity index (χ2v) is 8.61. The molecule has 2 aromatic heterocycles. The maximum absolute atomic E-state index is 12.6. The number of benzene rings is 3. The molecule has 0 aliphatic rings. The molecule has 3 aromatic carbocycles. The summed E-state index contributed by atoms with van der Waals surface area (Å²) in [6.07, 6.45) is 2.03. The monoisotopic (exact) mass is 433 g/mol. The van der Waals surface area contributed by atoms with Crippen LogP contribution < -0.4 is 5.32 Å². The molecule has 33 heavy (non-hydrogen) atoms. The minimum absolute atomic E-state index is 0.0449. The summed E-state index contributed by atoms with van der Waals surface area (Å²) < 4.78 is 0. The summed E-state index contributed by atoms with van der Waals surface area (Å²) in [5, 5.41) is 5.35. The Morgan fingerprint density at radius 1 is 0.909 bits per heavy atom. The van der Waals surface area contributed by atoms with E-state index in [-0.39, 0.29) is 5.91 Å². The van der Waals surface area contributed by atoms with E-state index in [1.807, 2.05) is 42.5 Å². The Kier molecular flexibility index (Phi) is 5.66. The number of nitrogens with zero attached hydrogens (tertiary/aromatic N) is 1. The molecule has 4 nitrogen and oxygen atoms in total. The number of pyridine rings is 1. The van der Waals surface area contributed by atoms with Crippen LogP contribution in [0, 0.1) is 13.8 Å². The zero-order valence-corrected chi connectivity index (χ0v) is 19.0. The maximum atomic E-state index is 12.6. The first-order valence-corrected chi connectivity index (χ1v) is 11.4. The van der Waals surface area contributed by atoms with Gasteiger partial charge >= 0.3 is 0 Å². The van der Waals surface area contributed by atoms with Crippen molar-refractivity contribution in [2.75, 3.05) is 5.32 Å². The largest absolute Gasteiger partial charge is 0.353 e. The highest BCUT2D eigenvalue weighted by molar-refractivity contribution is 5.92. The molecule has 0 saturated carbocycles. The molecule has 0 atom stereocenters. The molecule has 1 amide bonds. The topological polar surface area (TPSA) is 57.8 Å². The van der Waals surface area contributed by atoms with E-state index in [0.717, 1.165) is 46.3 Å². The number of para-hydroxylation sites is 2. The number of hydrogen-bond donors (Lipinski definition) is 2. The Morgan fingerprint density at radius 3 is 2.61 bits per heavy atom. The number of carbonyl (C=O) groups excluding carboxylic acids is 1. The van der Waals surface area contributed by atoms with Gasteiger partial charge in [-0.15, -0.1) is 0 Å². The van der Waals surface area contributed by atoms with Crippen molar-refractivity contribution in [1.82, 2.24) is 9.97 Å². The van der Waals surface area contributed by atoms with E-state index in [2.05, 4.69) is 60.5 Å². The number of rotatable bonds is 6. The molecule has 0 aliphatic carbocycles. The molecule has 4 heteroatoms. The van der Waals surface area contributed by atoms with Crippen LogP contribution in [-0.2, 0) is 11.2 Å². The van der Waals surface area contributed by atoms with Crippen LogP contribution in [0.25, 0.3) is 33.2 Å². The molecular weight excluding hydrogens is 406 g/mol. The zero-order chi connectivity index (χ0) is 22.8. The van der Waals surface area contributed by atoms with Gasteiger partial charge in [0.15, 0.2) is 0 Å². The molecule has 0 bridgehead atoms. The smallest absolute Gasteiger partial charge is 0.224 e. The first kappa shape index (κ1) is 21.0. The van der Waals surface area contributed by atoms with Crippen LogP contribution >= 0.6 is 0 Å². The average molecular weight is 434 g/mol. The van der Waals surface area contributed by atoms with E-state index in [1.54, 1.807) is 0 Å². The van der Waals surface area contributed by atoms with E-state index in [4.69, 9.17) is 4.98 Å². The molecule has 0 aliphatic heterocycles. The molecule has 164 valence electrons. The quantitative estimate of drug-likeness (QED) is 0.304. The number of aryl methyl sites for hydroxylation is 3. The number of amides is 1. The van der Waals surface area contributed by atoms with E-state index in [0.29, 0.717) is 6.42 Å². The second-order valence-electron chi connectivity index (χ2n) is 8.61. The summed E-state index contributed by atoms with van der Waals surface area (Å²) in [6.45, 7) is 4.13. The van der Waals surface area contributed by atoms with Gasteiger partial charge in [0.05, 0.1) is 16.9 Å². The predicted molar refractivity (Wildman–Crippen MR) is 137 cm³/mol. The highest BCUT2D eigenvalue weighted by Gasteiger charge is 2.15. The third-order valence-corrected chi connectivity index (χ3v) is 6.29.